The van der Waals surface area contributed by atoms with Crippen LogP contribution in [0, 0.1) is 10.1 Å². The van der Waals surface area contributed by atoms with Gasteiger partial charge in [0.2, 0.25) is 6.04 Å². The van der Waals surface area contributed by atoms with E-state index in [1.54, 1.807) is 24.3 Å². The van der Waals surface area contributed by atoms with Gasteiger partial charge >= 0.3 is 0 Å². The first-order valence-electron chi connectivity index (χ1n) is 7.82. The third kappa shape index (κ3) is 3.11. The van der Waals surface area contributed by atoms with Crippen molar-refractivity contribution in [2.45, 2.75) is 37.2 Å². The lowest BCUT2D eigenvalue weighted by Crippen LogP contribution is -2.48. The highest BCUT2D eigenvalue weighted by Gasteiger charge is 2.51. The molecule has 0 aromatic heterocycles. The second-order valence-corrected chi connectivity index (χ2v) is 6.34. The second kappa shape index (κ2) is 6.22. The topological polar surface area (TPSA) is 98.6 Å². The third-order valence-electron chi connectivity index (χ3n) is 4.48. The van der Waals surface area contributed by atoms with Crippen LogP contribution in [0.5, 0.6) is 0 Å². The summed E-state index contributed by atoms with van der Waals surface area (Å²) in [5, 5.41) is 22.4. The van der Waals surface area contributed by atoms with Gasteiger partial charge < -0.3 is 15.6 Å². The molecular weight excluding hydrogens is 308 g/mol. The largest absolute Gasteiger partial charge is 0.398 e. The molecule has 3 rings (SSSR count). The zero-order valence-electron chi connectivity index (χ0n) is 13.3. The summed E-state index contributed by atoms with van der Waals surface area (Å²) in [7, 11) is 0. The molecule has 6 heteroatoms. The van der Waals surface area contributed by atoms with Gasteiger partial charge in [-0.05, 0) is 18.6 Å². The number of hydrogen-bond acceptors (Lipinski definition) is 5. The van der Waals surface area contributed by atoms with Gasteiger partial charge in [0.15, 0.2) is 11.9 Å². The summed E-state index contributed by atoms with van der Waals surface area (Å²) >= 11 is 0. The Morgan fingerprint density at radius 1 is 1.21 bits per heavy atom. The Morgan fingerprint density at radius 3 is 2.46 bits per heavy atom. The number of rotatable bonds is 3. The average molecular weight is 328 g/mol. The van der Waals surface area contributed by atoms with Crippen molar-refractivity contribution >= 4 is 5.69 Å². The van der Waals surface area contributed by atoms with Crippen LogP contribution in [0.15, 0.2) is 54.6 Å². The summed E-state index contributed by atoms with van der Waals surface area (Å²) in [6.07, 6.45) is -0.776. The lowest BCUT2D eigenvalue weighted by Gasteiger charge is -2.41. The molecule has 1 aliphatic heterocycles. The van der Waals surface area contributed by atoms with Crippen LogP contribution in [-0.2, 0) is 4.74 Å². The highest BCUT2D eigenvalue weighted by Crippen LogP contribution is 2.46. The van der Waals surface area contributed by atoms with Gasteiger partial charge in [0.05, 0.1) is 5.92 Å². The molecule has 0 radical (unpaired) electrons. The molecule has 126 valence electrons. The van der Waals surface area contributed by atoms with E-state index in [1.165, 1.54) is 6.92 Å². The normalized spacial score (nSPS) is 30.0. The van der Waals surface area contributed by atoms with E-state index in [4.69, 9.17) is 10.5 Å². The number of para-hydroxylation sites is 1. The van der Waals surface area contributed by atoms with Crippen molar-refractivity contribution < 1.29 is 14.8 Å². The monoisotopic (exact) mass is 328 g/mol. The standard InChI is InChI=1S/C18H20N2O4/c1-18(21)11-14(12-7-3-2-4-8-12)16(20(22)23)17(24-18)13-9-5-6-10-15(13)19/h2-10,14,16-17,21H,11,19H2,1H3/t14-,16-,17-,18-/m1/s1. The predicted octanol–water partition coefficient (Wildman–Crippen LogP) is 2.87. The molecule has 1 fully saturated rings. The Morgan fingerprint density at radius 2 is 1.83 bits per heavy atom. The molecule has 1 aliphatic rings. The summed E-state index contributed by atoms with van der Waals surface area (Å²) in [6, 6.07) is 15.1. The van der Waals surface area contributed by atoms with Crippen molar-refractivity contribution in [3.63, 3.8) is 0 Å². The number of aliphatic hydroxyl groups is 1. The lowest BCUT2D eigenvalue weighted by molar-refractivity contribution is -0.555. The first kappa shape index (κ1) is 16.4. The summed E-state index contributed by atoms with van der Waals surface area (Å²) in [5.41, 5.74) is 7.75. The zero-order chi connectivity index (χ0) is 17.3. The molecule has 0 saturated carbocycles. The van der Waals surface area contributed by atoms with Gasteiger partial charge in [-0.15, -0.1) is 0 Å². The van der Waals surface area contributed by atoms with Crippen molar-refractivity contribution in [3.8, 4) is 0 Å². The smallest absolute Gasteiger partial charge is 0.250 e. The predicted molar refractivity (Wildman–Crippen MR) is 89.9 cm³/mol. The minimum atomic E-state index is -1.47. The summed E-state index contributed by atoms with van der Waals surface area (Å²) in [6.45, 7) is 1.53. The van der Waals surface area contributed by atoms with Crippen LogP contribution in [-0.4, -0.2) is 21.9 Å². The van der Waals surface area contributed by atoms with Gasteiger partial charge in [-0.2, -0.15) is 0 Å². The molecule has 0 amide bonds. The molecule has 0 bridgehead atoms. The van der Waals surface area contributed by atoms with Crippen LogP contribution in [0.2, 0.25) is 0 Å². The number of anilines is 1. The van der Waals surface area contributed by atoms with Crippen LogP contribution in [0.3, 0.4) is 0 Å². The minimum Gasteiger partial charge on any atom is -0.398 e. The summed E-state index contributed by atoms with van der Waals surface area (Å²) in [4.78, 5) is 11.5. The van der Waals surface area contributed by atoms with Gasteiger partial charge in [-0.3, -0.25) is 10.1 Å². The zero-order valence-corrected chi connectivity index (χ0v) is 13.3. The van der Waals surface area contributed by atoms with Crippen LogP contribution >= 0.6 is 0 Å². The van der Waals surface area contributed by atoms with Crippen LogP contribution in [0.4, 0.5) is 5.69 Å². The van der Waals surface area contributed by atoms with E-state index in [-0.39, 0.29) is 11.3 Å². The molecule has 24 heavy (non-hydrogen) atoms. The fraction of sp³-hybridized carbons (Fsp3) is 0.333. The molecule has 0 aliphatic carbocycles. The van der Waals surface area contributed by atoms with Crippen LogP contribution in [0.1, 0.15) is 36.5 Å². The minimum absolute atomic E-state index is 0.145. The van der Waals surface area contributed by atoms with E-state index in [0.717, 1.165) is 5.56 Å². The maximum Gasteiger partial charge on any atom is 0.250 e. The van der Waals surface area contributed by atoms with Crippen LogP contribution in [0.25, 0.3) is 0 Å². The van der Waals surface area contributed by atoms with Crippen molar-refractivity contribution in [2.24, 2.45) is 0 Å². The number of nitrogens with two attached hydrogens (primary N) is 1. The van der Waals surface area contributed by atoms with E-state index < -0.39 is 23.9 Å². The van der Waals surface area contributed by atoms with Gasteiger partial charge in [0.25, 0.3) is 0 Å². The van der Waals surface area contributed by atoms with E-state index in [0.29, 0.717) is 11.3 Å². The lowest BCUT2D eigenvalue weighted by atomic mass is 9.79. The molecule has 3 N–H and O–H groups in total. The van der Waals surface area contributed by atoms with Crippen molar-refractivity contribution in [1.29, 1.82) is 0 Å². The Balaban J connectivity index is 2.10. The SMILES string of the molecule is C[C@]1(O)C[C@H](c2ccccc2)[C@@H]([N+](=O)[O-])[C@@H](c2ccccc2N)O1. The molecule has 6 nitrogen and oxygen atoms in total. The molecule has 2 aromatic rings. The fourth-order valence-electron chi connectivity index (χ4n) is 3.42. The quantitative estimate of drug-likeness (QED) is 0.513. The Kier molecular flexibility index (Phi) is 4.26. The third-order valence-corrected chi connectivity index (χ3v) is 4.48. The Hall–Kier alpha value is -2.44. The summed E-state index contributed by atoms with van der Waals surface area (Å²) < 4.78 is 5.70. The number of benzene rings is 2. The number of hydrogen-bond donors (Lipinski definition) is 2. The van der Waals surface area contributed by atoms with Crippen LogP contribution < -0.4 is 5.73 Å². The second-order valence-electron chi connectivity index (χ2n) is 6.34. The Bertz CT molecular complexity index is 733. The molecule has 4 atom stereocenters. The van der Waals surface area contributed by atoms with Gasteiger partial charge in [-0.1, -0.05) is 48.5 Å². The van der Waals surface area contributed by atoms with E-state index in [9.17, 15) is 15.2 Å². The summed E-state index contributed by atoms with van der Waals surface area (Å²) in [5.74, 6) is -1.95. The van der Waals surface area contributed by atoms with E-state index >= 15 is 0 Å². The van der Waals surface area contributed by atoms with Crippen molar-refractivity contribution in [1.82, 2.24) is 0 Å². The molecule has 2 aromatic carbocycles. The number of nitrogen functional groups attached to an aromatic ring is 1. The van der Waals surface area contributed by atoms with Gasteiger partial charge in [0.1, 0.15) is 0 Å². The maximum absolute atomic E-state index is 11.8. The fourth-order valence-corrected chi connectivity index (χ4v) is 3.42. The molecule has 1 heterocycles. The number of nitro groups is 1. The number of ether oxygens (including phenoxy) is 1. The van der Waals surface area contributed by atoms with Gasteiger partial charge in [-0.25, -0.2) is 0 Å². The molecule has 1 saturated heterocycles. The molecule has 0 spiro atoms. The van der Waals surface area contributed by atoms with Crippen molar-refractivity contribution in [2.75, 3.05) is 5.73 Å². The first-order chi connectivity index (χ1) is 11.4. The Labute approximate surface area is 140 Å². The van der Waals surface area contributed by atoms with Gasteiger partial charge in [0, 0.05) is 22.6 Å². The number of nitrogens with zero attached hydrogens (tertiary/aromatic N) is 1. The molecule has 0 unspecified atom stereocenters. The maximum atomic E-state index is 11.8. The van der Waals surface area contributed by atoms with Crippen molar-refractivity contribution in [3.05, 3.63) is 75.8 Å². The van der Waals surface area contributed by atoms with E-state index in [1.807, 2.05) is 30.3 Å². The first-order valence-corrected chi connectivity index (χ1v) is 7.82. The average Bonchev–Trinajstić information content (AvgIpc) is 2.54. The van der Waals surface area contributed by atoms with E-state index in [2.05, 4.69) is 0 Å². The highest BCUT2D eigenvalue weighted by atomic mass is 16.7. The molecular formula is C18H20N2O4. The highest BCUT2D eigenvalue weighted by molar-refractivity contribution is 5.48.